The molecule has 7 heteroatoms. The van der Waals surface area contributed by atoms with Gasteiger partial charge in [0.05, 0.1) is 17.0 Å². The summed E-state index contributed by atoms with van der Waals surface area (Å²) in [5.74, 6) is 0.660. The Bertz CT molecular complexity index is 898. The van der Waals surface area contributed by atoms with E-state index in [4.69, 9.17) is 5.73 Å². The van der Waals surface area contributed by atoms with Gasteiger partial charge in [-0.15, -0.1) is 10.8 Å². The first kappa shape index (κ1) is 13.3. The lowest BCUT2D eigenvalue weighted by Gasteiger charge is -2.26. The van der Waals surface area contributed by atoms with E-state index in [0.717, 1.165) is 33.3 Å². The fourth-order valence-corrected chi connectivity index (χ4v) is 4.01. The molecule has 0 amide bonds. The predicted molar refractivity (Wildman–Crippen MR) is 89.6 cm³/mol. The number of anilines is 2. The fraction of sp³-hybridized carbons (Fsp3) is 0.0667. The van der Waals surface area contributed by atoms with Crippen LogP contribution in [-0.2, 0) is 5.75 Å². The van der Waals surface area contributed by atoms with Crippen molar-refractivity contribution in [2.75, 3.05) is 10.5 Å². The van der Waals surface area contributed by atoms with Gasteiger partial charge < -0.3 is 5.73 Å². The minimum absolute atomic E-state index is 0.212. The van der Waals surface area contributed by atoms with Gasteiger partial charge in [-0.3, -0.25) is 18.8 Å². The molecular formula is C15H14N4O2S. The normalized spacial score (nSPS) is 17.0. The molecule has 3 aromatic rings. The summed E-state index contributed by atoms with van der Waals surface area (Å²) in [5.41, 5.74) is 10.1. The molecule has 22 heavy (non-hydrogen) atoms. The smallest absolute Gasteiger partial charge is 0.132 e. The minimum atomic E-state index is -2.75. The molecule has 0 bridgehead atoms. The molecular weight excluding hydrogens is 300 g/mol. The molecule has 4 rings (SSSR count). The van der Waals surface area contributed by atoms with Crippen LogP contribution in [0, 0.1) is 0 Å². The Balaban J connectivity index is 1.89. The van der Waals surface area contributed by atoms with Crippen LogP contribution in [0.15, 0.2) is 42.7 Å². The van der Waals surface area contributed by atoms with Crippen LogP contribution in [0.2, 0.25) is 0 Å². The van der Waals surface area contributed by atoms with Gasteiger partial charge in [0.2, 0.25) is 0 Å². The first-order valence-corrected chi connectivity index (χ1v) is 8.41. The van der Waals surface area contributed by atoms with Gasteiger partial charge in [0.1, 0.15) is 5.82 Å². The summed E-state index contributed by atoms with van der Waals surface area (Å²) in [6.07, 6.45) is 3.42. The molecule has 0 fully saturated rings. The Morgan fingerprint density at radius 3 is 2.91 bits per heavy atom. The number of nitrogens with one attached hydrogen (secondary N) is 1. The van der Waals surface area contributed by atoms with E-state index in [9.17, 15) is 9.11 Å². The van der Waals surface area contributed by atoms with Crippen molar-refractivity contribution in [2.24, 2.45) is 0 Å². The highest BCUT2D eigenvalue weighted by Crippen LogP contribution is 2.51. The number of aromatic nitrogens is 2. The SMILES string of the molecule is Nc1ncc(-c2ccc3c(c2)CS(O)(O)N3)c2ncccc12. The van der Waals surface area contributed by atoms with E-state index in [2.05, 4.69) is 14.7 Å². The maximum Gasteiger partial charge on any atom is 0.132 e. The molecule has 0 atom stereocenters. The van der Waals surface area contributed by atoms with Crippen LogP contribution >= 0.6 is 10.8 Å². The molecule has 1 aliphatic rings. The standard InChI is InChI=1S/C15H14N4O2S/c16-15-11-2-1-5-17-14(11)12(7-18-15)9-3-4-13-10(6-9)8-22(20,21)19-13/h1-7,19-21H,8H2,(H2,16,18). The molecule has 1 aromatic carbocycles. The predicted octanol–water partition coefficient (Wildman–Crippen LogP) is 3.47. The summed E-state index contributed by atoms with van der Waals surface area (Å²) in [4.78, 5) is 8.65. The van der Waals surface area contributed by atoms with Gasteiger partial charge in [0, 0.05) is 23.3 Å². The third-order valence-corrected chi connectivity index (χ3v) is 4.98. The zero-order valence-corrected chi connectivity index (χ0v) is 12.3. The summed E-state index contributed by atoms with van der Waals surface area (Å²) < 4.78 is 22.3. The van der Waals surface area contributed by atoms with Gasteiger partial charge in [-0.1, -0.05) is 6.07 Å². The van der Waals surface area contributed by atoms with Crippen LogP contribution in [-0.4, -0.2) is 19.1 Å². The maximum atomic E-state index is 9.77. The Kier molecular flexibility index (Phi) is 2.77. The first-order valence-electron chi connectivity index (χ1n) is 6.70. The summed E-state index contributed by atoms with van der Waals surface area (Å²) >= 11 is 0. The number of nitrogens with zero attached hydrogens (tertiary/aromatic N) is 2. The number of fused-ring (bicyclic) bond motifs is 2. The quantitative estimate of drug-likeness (QED) is 0.548. The van der Waals surface area contributed by atoms with Crippen molar-refractivity contribution in [1.29, 1.82) is 0 Å². The molecule has 6 nitrogen and oxygen atoms in total. The van der Waals surface area contributed by atoms with E-state index in [1.165, 1.54) is 0 Å². The zero-order valence-electron chi connectivity index (χ0n) is 11.5. The van der Waals surface area contributed by atoms with Gasteiger partial charge in [0.15, 0.2) is 0 Å². The Morgan fingerprint density at radius 2 is 2.05 bits per heavy atom. The lowest BCUT2D eigenvalue weighted by atomic mass is 10.0. The van der Waals surface area contributed by atoms with E-state index in [1.54, 1.807) is 12.4 Å². The summed E-state index contributed by atoms with van der Waals surface area (Å²) in [6.45, 7) is 0. The van der Waals surface area contributed by atoms with Gasteiger partial charge in [-0.25, -0.2) is 4.98 Å². The summed E-state index contributed by atoms with van der Waals surface area (Å²) in [6, 6.07) is 9.40. The third-order valence-electron chi connectivity index (χ3n) is 3.72. The molecule has 0 radical (unpaired) electrons. The molecule has 112 valence electrons. The molecule has 0 unspecified atom stereocenters. The Morgan fingerprint density at radius 1 is 1.18 bits per heavy atom. The maximum absolute atomic E-state index is 9.77. The molecule has 0 aliphatic carbocycles. The van der Waals surface area contributed by atoms with Gasteiger partial charge >= 0.3 is 0 Å². The van der Waals surface area contributed by atoms with Crippen LogP contribution < -0.4 is 10.5 Å². The highest BCUT2D eigenvalue weighted by atomic mass is 32.3. The zero-order chi connectivity index (χ0) is 15.3. The largest absolute Gasteiger partial charge is 0.383 e. The molecule has 0 saturated heterocycles. The highest BCUT2D eigenvalue weighted by Gasteiger charge is 2.24. The van der Waals surface area contributed by atoms with Crippen LogP contribution in [0.4, 0.5) is 11.5 Å². The van der Waals surface area contributed by atoms with Gasteiger partial charge in [-0.2, -0.15) is 0 Å². The number of benzene rings is 1. The number of rotatable bonds is 1. The van der Waals surface area contributed by atoms with Crippen molar-refractivity contribution in [1.82, 2.24) is 9.97 Å². The van der Waals surface area contributed by atoms with Crippen molar-refractivity contribution in [3.05, 3.63) is 48.3 Å². The number of pyridine rings is 2. The second kappa shape index (κ2) is 4.57. The second-order valence-corrected chi connectivity index (χ2v) is 7.07. The Labute approximate surface area is 128 Å². The number of hydrogen-bond acceptors (Lipinski definition) is 6. The molecule has 0 spiro atoms. The van der Waals surface area contributed by atoms with Crippen LogP contribution in [0.25, 0.3) is 22.0 Å². The van der Waals surface area contributed by atoms with Crippen molar-refractivity contribution >= 4 is 33.2 Å². The van der Waals surface area contributed by atoms with Crippen molar-refractivity contribution in [2.45, 2.75) is 5.75 Å². The van der Waals surface area contributed by atoms with E-state index in [0.29, 0.717) is 5.82 Å². The van der Waals surface area contributed by atoms with E-state index < -0.39 is 10.8 Å². The molecule has 1 aliphatic heterocycles. The van der Waals surface area contributed by atoms with E-state index in [-0.39, 0.29) is 5.75 Å². The molecule has 3 heterocycles. The van der Waals surface area contributed by atoms with Crippen molar-refractivity contribution in [3.63, 3.8) is 0 Å². The molecule has 2 aromatic heterocycles. The lowest BCUT2D eigenvalue weighted by molar-refractivity contribution is 0.496. The summed E-state index contributed by atoms with van der Waals surface area (Å²) in [5, 5.41) is 0.808. The Hall–Kier alpha value is -2.35. The van der Waals surface area contributed by atoms with Gasteiger partial charge in [0.25, 0.3) is 0 Å². The topological polar surface area (TPSA) is 104 Å². The van der Waals surface area contributed by atoms with Crippen LogP contribution in [0.1, 0.15) is 5.56 Å². The van der Waals surface area contributed by atoms with Crippen LogP contribution in [0.5, 0.6) is 0 Å². The fourth-order valence-electron chi connectivity index (χ4n) is 2.71. The first-order chi connectivity index (χ1) is 10.5. The van der Waals surface area contributed by atoms with E-state index >= 15 is 0 Å². The number of nitrogen functional groups attached to an aromatic ring is 1. The average molecular weight is 314 g/mol. The van der Waals surface area contributed by atoms with Crippen LogP contribution in [0.3, 0.4) is 0 Å². The van der Waals surface area contributed by atoms with Crippen molar-refractivity contribution < 1.29 is 9.11 Å². The second-order valence-electron chi connectivity index (χ2n) is 5.24. The highest BCUT2D eigenvalue weighted by molar-refractivity contribution is 8.25. The molecule has 0 saturated carbocycles. The van der Waals surface area contributed by atoms with Gasteiger partial charge in [-0.05, 0) is 35.4 Å². The monoisotopic (exact) mass is 314 g/mol. The third kappa shape index (κ3) is 2.07. The molecule has 5 N–H and O–H groups in total. The number of hydrogen-bond donors (Lipinski definition) is 4. The summed E-state index contributed by atoms with van der Waals surface area (Å²) in [7, 11) is -2.75. The minimum Gasteiger partial charge on any atom is -0.383 e. The number of nitrogens with two attached hydrogens (primary N) is 1. The lowest BCUT2D eigenvalue weighted by Crippen LogP contribution is -2.01. The van der Waals surface area contributed by atoms with E-state index in [1.807, 2.05) is 30.3 Å². The average Bonchev–Trinajstić information content (AvgIpc) is 2.81. The van der Waals surface area contributed by atoms with Crippen molar-refractivity contribution in [3.8, 4) is 11.1 Å².